The molecule has 0 saturated carbocycles. The van der Waals surface area contributed by atoms with E-state index < -0.39 is 4.84 Å². The fraction of sp³-hybridized carbons (Fsp3) is 0.0769. The van der Waals surface area contributed by atoms with Crippen LogP contribution in [-0.4, -0.2) is 0 Å². The van der Waals surface area contributed by atoms with Gasteiger partial charge in [0.25, 0.3) is 0 Å². The molecule has 0 nitrogen and oxygen atoms in total. The Morgan fingerprint density at radius 3 is 1.94 bits per heavy atom. The van der Waals surface area contributed by atoms with Crippen molar-refractivity contribution in [1.82, 2.24) is 0 Å². The van der Waals surface area contributed by atoms with E-state index in [1.165, 1.54) is 0 Å². The van der Waals surface area contributed by atoms with Gasteiger partial charge in [0.05, 0.1) is 0 Å². The molecule has 16 heavy (non-hydrogen) atoms. The van der Waals surface area contributed by atoms with Gasteiger partial charge in [-0.25, -0.2) is 0 Å². The van der Waals surface area contributed by atoms with Crippen LogP contribution < -0.4 is 0 Å². The van der Waals surface area contributed by atoms with E-state index >= 15 is 0 Å². The van der Waals surface area contributed by atoms with Crippen LogP contribution in [0.4, 0.5) is 0 Å². The summed E-state index contributed by atoms with van der Waals surface area (Å²) in [6.45, 7) is 0. The zero-order chi connectivity index (χ0) is 11.5. The average Bonchev–Trinajstić information content (AvgIpc) is 2.29. The molecule has 0 heterocycles. The summed E-state index contributed by atoms with van der Waals surface area (Å²) < 4.78 is 0. The van der Waals surface area contributed by atoms with E-state index in [1.54, 1.807) is 0 Å². The maximum atomic E-state index is 6.15. The lowest BCUT2D eigenvalue weighted by Gasteiger charge is -2.11. The van der Waals surface area contributed by atoms with Gasteiger partial charge < -0.3 is 0 Å². The quantitative estimate of drug-likeness (QED) is 0.634. The normalized spacial score (nSPS) is 10.8. The molecule has 2 rings (SSSR count). The van der Waals surface area contributed by atoms with Crippen molar-refractivity contribution in [3.8, 4) is 11.1 Å². The topological polar surface area (TPSA) is 0 Å². The SMILES string of the molecule is Clc1ccccc1-c1ccccc1C(Cl)Cl. The van der Waals surface area contributed by atoms with E-state index in [0.29, 0.717) is 5.02 Å². The Kier molecular flexibility index (Phi) is 3.75. The summed E-state index contributed by atoms with van der Waals surface area (Å²) in [5.41, 5.74) is 2.80. The fourth-order valence-electron chi connectivity index (χ4n) is 1.61. The molecular formula is C13H9Cl3. The summed E-state index contributed by atoms with van der Waals surface area (Å²) in [7, 11) is 0. The minimum Gasteiger partial charge on any atom is -0.100 e. The van der Waals surface area contributed by atoms with Crippen LogP contribution in [0.15, 0.2) is 48.5 Å². The van der Waals surface area contributed by atoms with Crippen LogP contribution in [0.1, 0.15) is 10.4 Å². The molecule has 2 aromatic rings. The molecule has 0 aliphatic rings. The molecule has 0 amide bonds. The number of alkyl halides is 2. The number of halogens is 3. The first-order chi connectivity index (χ1) is 7.70. The van der Waals surface area contributed by atoms with Crippen molar-refractivity contribution in [3.63, 3.8) is 0 Å². The summed E-state index contributed by atoms with van der Waals surface area (Å²) in [5.74, 6) is 0. The van der Waals surface area contributed by atoms with Gasteiger partial charge in [-0.1, -0.05) is 54.1 Å². The van der Waals surface area contributed by atoms with Crippen molar-refractivity contribution in [1.29, 1.82) is 0 Å². The van der Waals surface area contributed by atoms with Crippen molar-refractivity contribution in [2.75, 3.05) is 0 Å². The van der Waals surface area contributed by atoms with Crippen molar-refractivity contribution in [3.05, 3.63) is 59.1 Å². The van der Waals surface area contributed by atoms with Gasteiger partial charge in [-0.3, -0.25) is 0 Å². The highest BCUT2D eigenvalue weighted by atomic mass is 35.5. The molecule has 0 aromatic heterocycles. The molecular weight excluding hydrogens is 263 g/mol. The molecule has 0 saturated heterocycles. The van der Waals surface area contributed by atoms with Crippen LogP contribution >= 0.6 is 34.8 Å². The van der Waals surface area contributed by atoms with Gasteiger partial charge in [-0.05, 0) is 17.2 Å². The molecule has 0 fully saturated rings. The zero-order valence-electron chi connectivity index (χ0n) is 8.33. The van der Waals surface area contributed by atoms with E-state index in [9.17, 15) is 0 Å². The lowest BCUT2D eigenvalue weighted by atomic mass is 10.0. The van der Waals surface area contributed by atoms with E-state index in [-0.39, 0.29) is 0 Å². The smallest absolute Gasteiger partial charge is 0.100 e. The highest BCUT2D eigenvalue weighted by molar-refractivity contribution is 6.44. The Balaban J connectivity index is 2.60. The molecule has 3 heteroatoms. The minimum atomic E-state index is -0.549. The fourth-order valence-corrected chi connectivity index (χ4v) is 2.23. The van der Waals surface area contributed by atoms with Crippen LogP contribution in [0, 0.1) is 0 Å². The van der Waals surface area contributed by atoms with Crippen molar-refractivity contribution in [2.24, 2.45) is 0 Å². The van der Waals surface area contributed by atoms with Gasteiger partial charge in [0, 0.05) is 10.6 Å². The lowest BCUT2D eigenvalue weighted by Crippen LogP contribution is -1.88. The molecule has 0 bridgehead atoms. The summed E-state index contributed by atoms with van der Waals surface area (Å²) in [5, 5.41) is 0.698. The van der Waals surface area contributed by atoms with Crippen LogP contribution in [0.3, 0.4) is 0 Å². The van der Waals surface area contributed by atoms with Crippen LogP contribution in [0.2, 0.25) is 5.02 Å². The second-order valence-corrected chi connectivity index (χ2v) is 4.87. The number of hydrogen-bond acceptors (Lipinski definition) is 0. The number of hydrogen-bond donors (Lipinski definition) is 0. The van der Waals surface area contributed by atoms with Crippen molar-refractivity contribution >= 4 is 34.8 Å². The van der Waals surface area contributed by atoms with Crippen LogP contribution in [0.5, 0.6) is 0 Å². The Morgan fingerprint density at radius 2 is 1.31 bits per heavy atom. The Labute approximate surface area is 110 Å². The van der Waals surface area contributed by atoms with Gasteiger partial charge in [0.1, 0.15) is 4.84 Å². The van der Waals surface area contributed by atoms with Gasteiger partial charge in [0.15, 0.2) is 0 Å². The zero-order valence-corrected chi connectivity index (χ0v) is 10.6. The van der Waals surface area contributed by atoms with Crippen molar-refractivity contribution in [2.45, 2.75) is 4.84 Å². The number of benzene rings is 2. The molecule has 0 N–H and O–H groups in total. The standard InChI is InChI=1S/C13H9Cl3/c14-12-8-4-3-6-10(12)9-5-1-2-7-11(9)13(15)16/h1-8,13H. The highest BCUT2D eigenvalue weighted by Crippen LogP contribution is 2.36. The lowest BCUT2D eigenvalue weighted by molar-refractivity contribution is 1.35. The summed E-state index contributed by atoms with van der Waals surface area (Å²) in [6.07, 6.45) is 0. The molecule has 0 spiro atoms. The summed E-state index contributed by atoms with van der Waals surface area (Å²) >= 11 is 18.0. The predicted molar refractivity (Wildman–Crippen MR) is 71.3 cm³/mol. The Bertz CT molecular complexity index is 492. The third-order valence-corrected chi connectivity index (χ3v) is 3.16. The molecule has 0 unspecified atom stereocenters. The minimum absolute atomic E-state index is 0.549. The second-order valence-electron chi connectivity index (χ2n) is 3.37. The molecule has 0 atom stereocenters. The van der Waals surface area contributed by atoms with Gasteiger partial charge in [-0.2, -0.15) is 0 Å². The maximum absolute atomic E-state index is 6.15. The average molecular weight is 272 g/mol. The Hall–Kier alpha value is -0.690. The monoisotopic (exact) mass is 270 g/mol. The van der Waals surface area contributed by atoms with Crippen molar-refractivity contribution < 1.29 is 0 Å². The predicted octanol–water partition coefficient (Wildman–Crippen LogP) is 5.48. The maximum Gasteiger partial charge on any atom is 0.133 e. The number of rotatable bonds is 2. The first-order valence-electron chi connectivity index (χ1n) is 4.82. The van der Waals surface area contributed by atoms with Gasteiger partial charge >= 0.3 is 0 Å². The van der Waals surface area contributed by atoms with Gasteiger partial charge in [-0.15, -0.1) is 23.2 Å². The van der Waals surface area contributed by atoms with E-state index in [0.717, 1.165) is 16.7 Å². The summed E-state index contributed by atoms with van der Waals surface area (Å²) in [4.78, 5) is -0.549. The Morgan fingerprint density at radius 1 is 0.750 bits per heavy atom. The molecule has 0 radical (unpaired) electrons. The first kappa shape index (κ1) is 11.8. The highest BCUT2D eigenvalue weighted by Gasteiger charge is 2.12. The summed E-state index contributed by atoms with van der Waals surface area (Å²) in [6, 6.07) is 15.4. The van der Waals surface area contributed by atoms with E-state index in [2.05, 4.69) is 0 Å². The van der Waals surface area contributed by atoms with E-state index in [4.69, 9.17) is 34.8 Å². The van der Waals surface area contributed by atoms with Gasteiger partial charge in [0.2, 0.25) is 0 Å². The second kappa shape index (κ2) is 5.09. The van der Waals surface area contributed by atoms with Crippen LogP contribution in [0.25, 0.3) is 11.1 Å². The first-order valence-corrected chi connectivity index (χ1v) is 6.07. The molecule has 0 aliphatic carbocycles. The largest absolute Gasteiger partial charge is 0.133 e. The van der Waals surface area contributed by atoms with Crippen LogP contribution in [-0.2, 0) is 0 Å². The third kappa shape index (κ3) is 2.35. The third-order valence-electron chi connectivity index (χ3n) is 2.36. The molecule has 2 aromatic carbocycles. The molecule has 82 valence electrons. The molecule has 0 aliphatic heterocycles. The van der Waals surface area contributed by atoms with E-state index in [1.807, 2.05) is 48.5 Å².